The van der Waals surface area contributed by atoms with Crippen LogP contribution in [0.3, 0.4) is 0 Å². The standard InChI is InChI=1S/C18H19N3O2S3/c1-5-8-21-17(23)14-12(13-7-6-9-24-13)10-25-15(14)19-18(21)26-11(2)16(22)20(3)4/h5-7,9-11H,1,8H2,2-4H3. The summed E-state index contributed by atoms with van der Waals surface area (Å²) in [6.07, 6.45) is 1.68. The Balaban J connectivity index is 2.13. The quantitative estimate of drug-likeness (QED) is 0.354. The van der Waals surface area contributed by atoms with E-state index in [2.05, 4.69) is 6.58 Å². The van der Waals surface area contributed by atoms with Crippen LogP contribution in [-0.4, -0.2) is 39.7 Å². The fraction of sp³-hybridized carbons (Fsp3) is 0.278. The smallest absolute Gasteiger partial charge is 0.263 e. The first-order valence-corrected chi connectivity index (χ1v) is 10.6. The fourth-order valence-corrected chi connectivity index (χ4v) is 5.44. The average Bonchev–Trinajstić information content (AvgIpc) is 3.26. The van der Waals surface area contributed by atoms with Crippen molar-refractivity contribution < 1.29 is 4.79 Å². The Morgan fingerprint density at radius 1 is 1.46 bits per heavy atom. The highest BCUT2D eigenvalue weighted by atomic mass is 32.2. The van der Waals surface area contributed by atoms with E-state index in [-0.39, 0.29) is 16.7 Å². The van der Waals surface area contributed by atoms with E-state index in [0.717, 1.165) is 10.4 Å². The number of carbonyl (C=O) groups is 1. The summed E-state index contributed by atoms with van der Waals surface area (Å²) in [4.78, 5) is 33.4. The lowest BCUT2D eigenvalue weighted by molar-refractivity contribution is -0.127. The van der Waals surface area contributed by atoms with E-state index in [1.807, 2.05) is 29.8 Å². The van der Waals surface area contributed by atoms with Gasteiger partial charge in [0.1, 0.15) is 4.83 Å². The molecule has 26 heavy (non-hydrogen) atoms. The number of amides is 1. The maximum atomic E-state index is 13.2. The number of nitrogens with zero attached hydrogens (tertiary/aromatic N) is 3. The highest BCUT2D eigenvalue weighted by Gasteiger charge is 2.22. The van der Waals surface area contributed by atoms with E-state index >= 15 is 0 Å². The summed E-state index contributed by atoms with van der Waals surface area (Å²) in [6, 6.07) is 3.97. The van der Waals surface area contributed by atoms with Gasteiger partial charge in [0.25, 0.3) is 5.56 Å². The summed E-state index contributed by atoms with van der Waals surface area (Å²) >= 11 is 4.36. The van der Waals surface area contributed by atoms with E-state index < -0.39 is 0 Å². The second kappa shape index (κ2) is 7.77. The van der Waals surface area contributed by atoms with Crippen molar-refractivity contribution in [2.75, 3.05) is 14.1 Å². The SMILES string of the molecule is C=CCn1c(SC(C)C(=O)N(C)C)nc2scc(-c3cccs3)c2c1=O. The predicted octanol–water partition coefficient (Wildman–Crippen LogP) is 3.94. The van der Waals surface area contributed by atoms with Crippen LogP contribution in [0.25, 0.3) is 20.7 Å². The van der Waals surface area contributed by atoms with Crippen LogP contribution in [0.4, 0.5) is 0 Å². The van der Waals surface area contributed by atoms with Crippen molar-refractivity contribution >= 4 is 50.6 Å². The first-order valence-electron chi connectivity index (χ1n) is 7.98. The van der Waals surface area contributed by atoms with Gasteiger partial charge in [-0.15, -0.1) is 29.3 Å². The van der Waals surface area contributed by atoms with Crippen molar-refractivity contribution in [1.82, 2.24) is 14.5 Å². The number of allylic oxidation sites excluding steroid dienone is 1. The minimum atomic E-state index is -0.331. The molecule has 0 saturated heterocycles. The number of fused-ring (bicyclic) bond motifs is 1. The summed E-state index contributed by atoms with van der Waals surface area (Å²) < 4.78 is 1.60. The molecule has 0 aliphatic heterocycles. The molecule has 5 nitrogen and oxygen atoms in total. The van der Waals surface area contributed by atoms with Crippen molar-refractivity contribution in [3.63, 3.8) is 0 Å². The largest absolute Gasteiger partial charge is 0.348 e. The molecule has 1 atom stereocenters. The first kappa shape index (κ1) is 18.9. The summed E-state index contributed by atoms with van der Waals surface area (Å²) in [7, 11) is 3.44. The van der Waals surface area contributed by atoms with Gasteiger partial charge in [0.05, 0.1) is 10.6 Å². The van der Waals surface area contributed by atoms with E-state index in [1.165, 1.54) is 23.1 Å². The minimum absolute atomic E-state index is 0.0139. The van der Waals surface area contributed by atoms with E-state index in [1.54, 1.807) is 41.0 Å². The number of hydrogen-bond acceptors (Lipinski definition) is 6. The molecule has 0 spiro atoms. The molecule has 8 heteroatoms. The molecule has 3 aromatic heterocycles. The molecule has 0 bridgehead atoms. The molecule has 1 unspecified atom stereocenters. The van der Waals surface area contributed by atoms with E-state index in [4.69, 9.17) is 4.98 Å². The Hall–Kier alpha value is -1.90. The molecule has 0 fully saturated rings. The molecule has 1 amide bonds. The van der Waals surface area contributed by atoms with Gasteiger partial charge < -0.3 is 4.90 Å². The average molecular weight is 406 g/mol. The van der Waals surface area contributed by atoms with Crippen LogP contribution in [0, 0.1) is 0 Å². The maximum Gasteiger partial charge on any atom is 0.263 e. The van der Waals surface area contributed by atoms with Gasteiger partial charge in [0, 0.05) is 36.5 Å². The minimum Gasteiger partial charge on any atom is -0.348 e. The Bertz CT molecular complexity index is 1000. The lowest BCUT2D eigenvalue weighted by Gasteiger charge is -2.17. The fourth-order valence-electron chi connectivity index (χ4n) is 2.57. The number of thioether (sulfide) groups is 1. The lowest BCUT2D eigenvalue weighted by atomic mass is 10.2. The van der Waals surface area contributed by atoms with Gasteiger partial charge in [-0.05, 0) is 18.4 Å². The van der Waals surface area contributed by atoms with Crippen LogP contribution >= 0.6 is 34.4 Å². The topological polar surface area (TPSA) is 55.2 Å². The second-order valence-corrected chi connectivity index (χ2v) is 9.01. The molecule has 0 saturated carbocycles. The molecule has 0 N–H and O–H groups in total. The van der Waals surface area contributed by atoms with Gasteiger partial charge >= 0.3 is 0 Å². The molecule has 0 aliphatic carbocycles. The van der Waals surface area contributed by atoms with Crippen LogP contribution in [0.1, 0.15) is 6.92 Å². The Labute approximate surface area is 164 Å². The van der Waals surface area contributed by atoms with Crippen LogP contribution in [0.15, 0.2) is 45.5 Å². The summed E-state index contributed by atoms with van der Waals surface area (Å²) in [5.74, 6) is -0.0139. The normalized spacial score (nSPS) is 12.3. The van der Waals surface area contributed by atoms with Crippen molar-refractivity contribution in [2.45, 2.75) is 23.9 Å². The zero-order valence-electron chi connectivity index (χ0n) is 14.8. The van der Waals surface area contributed by atoms with Gasteiger partial charge in [0.15, 0.2) is 5.16 Å². The van der Waals surface area contributed by atoms with Gasteiger partial charge in [0.2, 0.25) is 5.91 Å². The zero-order valence-corrected chi connectivity index (χ0v) is 17.2. The molecule has 0 aliphatic rings. The number of carbonyl (C=O) groups excluding carboxylic acids is 1. The number of aromatic nitrogens is 2. The van der Waals surface area contributed by atoms with Crippen molar-refractivity contribution in [2.24, 2.45) is 0 Å². The number of thiophene rings is 2. The molecule has 0 radical (unpaired) electrons. The predicted molar refractivity (Wildman–Crippen MR) is 111 cm³/mol. The molecule has 3 heterocycles. The van der Waals surface area contributed by atoms with Crippen LogP contribution in [0.5, 0.6) is 0 Å². The van der Waals surface area contributed by atoms with Crippen LogP contribution in [0.2, 0.25) is 0 Å². The van der Waals surface area contributed by atoms with Gasteiger partial charge in [-0.1, -0.05) is 23.9 Å². The van der Waals surface area contributed by atoms with E-state index in [0.29, 0.717) is 21.9 Å². The zero-order chi connectivity index (χ0) is 18.8. The Kier molecular flexibility index (Phi) is 5.64. The third kappa shape index (κ3) is 3.49. The summed E-state index contributed by atoms with van der Waals surface area (Å²) in [5, 5.41) is 4.82. The summed E-state index contributed by atoms with van der Waals surface area (Å²) in [5.41, 5.74) is 0.829. The monoisotopic (exact) mass is 405 g/mol. The maximum absolute atomic E-state index is 13.2. The van der Waals surface area contributed by atoms with Gasteiger partial charge in [-0.25, -0.2) is 4.98 Å². The number of rotatable bonds is 6. The Morgan fingerprint density at radius 2 is 2.23 bits per heavy atom. The van der Waals surface area contributed by atoms with Crippen LogP contribution < -0.4 is 5.56 Å². The second-order valence-electron chi connectivity index (χ2n) is 5.90. The van der Waals surface area contributed by atoms with Crippen molar-refractivity contribution in [1.29, 1.82) is 0 Å². The first-order chi connectivity index (χ1) is 12.4. The molecule has 0 aromatic carbocycles. The highest BCUT2D eigenvalue weighted by Crippen LogP contribution is 2.35. The summed E-state index contributed by atoms with van der Waals surface area (Å²) in [6.45, 7) is 5.93. The van der Waals surface area contributed by atoms with Crippen molar-refractivity contribution in [3.8, 4) is 10.4 Å². The van der Waals surface area contributed by atoms with Crippen LogP contribution in [-0.2, 0) is 11.3 Å². The molecule has 136 valence electrons. The van der Waals surface area contributed by atoms with Gasteiger partial charge in [-0.3, -0.25) is 14.2 Å². The lowest BCUT2D eigenvalue weighted by Crippen LogP contribution is -2.31. The van der Waals surface area contributed by atoms with Gasteiger partial charge in [-0.2, -0.15) is 0 Å². The molecular weight excluding hydrogens is 386 g/mol. The highest BCUT2D eigenvalue weighted by molar-refractivity contribution is 8.00. The molecule has 3 rings (SSSR count). The Morgan fingerprint density at radius 3 is 2.85 bits per heavy atom. The third-order valence-corrected chi connectivity index (χ3v) is 6.68. The molecular formula is C18H19N3O2S3. The van der Waals surface area contributed by atoms with E-state index in [9.17, 15) is 9.59 Å². The molecule has 3 aromatic rings. The third-order valence-electron chi connectivity index (χ3n) is 3.83. The van der Waals surface area contributed by atoms with Crippen molar-refractivity contribution in [3.05, 3.63) is 45.9 Å². The number of hydrogen-bond donors (Lipinski definition) is 0.